The van der Waals surface area contributed by atoms with Gasteiger partial charge >= 0.3 is 51.4 Å². The van der Waals surface area contributed by atoms with Gasteiger partial charge in [-0.2, -0.15) is 0 Å². The predicted octanol–water partition coefficient (Wildman–Crippen LogP) is -3.84. The minimum absolute atomic E-state index is 0. The third-order valence-corrected chi connectivity index (χ3v) is 0. The molecule has 0 bridgehead atoms. The summed E-state index contributed by atoms with van der Waals surface area (Å²) in [7, 11) is 0. The van der Waals surface area contributed by atoms with Gasteiger partial charge in [0.05, 0.1) is 11.4 Å². The molecule has 1 N–H and O–H groups in total. The normalized spacial score (nSPS) is 9.43. The van der Waals surface area contributed by atoms with Crippen molar-refractivity contribution in [3.63, 3.8) is 0 Å². The van der Waals surface area contributed by atoms with Crippen LogP contribution in [0.2, 0.25) is 0 Å². The standard InChI is InChI=1S/CH2O.K.H2O3S/c1-2;;1-4(2)3/h1H2;;(H2,1,2,3)/q;+1;/p-1. The zero-order valence-corrected chi connectivity index (χ0v) is 7.73. The summed E-state index contributed by atoms with van der Waals surface area (Å²) < 4.78 is 24.1. The Morgan fingerprint density at radius 1 is 1.57 bits per heavy atom. The molecule has 0 radical (unpaired) electrons. The Labute approximate surface area is 86.2 Å². The first kappa shape index (κ1) is 15.8. The second kappa shape index (κ2) is 15.7. The molecule has 1 unspecified atom stereocenters. The van der Waals surface area contributed by atoms with Gasteiger partial charge in [0, 0.05) is 0 Å². The summed E-state index contributed by atoms with van der Waals surface area (Å²) in [4.78, 5) is 8.00. The van der Waals surface area contributed by atoms with E-state index in [2.05, 4.69) is 0 Å². The molecule has 0 rings (SSSR count). The number of hydrogen-bond acceptors (Lipinski definition) is 3. The van der Waals surface area contributed by atoms with E-state index in [0.29, 0.717) is 0 Å². The van der Waals surface area contributed by atoms with Crippen molar-refractivity contribution >= 4 is 18.2 Å². The molecule has 0 aliphatic rings. The molecule has 0 aromatic heterocycles. The fourth-order valence-electron chi connectivity index (χ4n) is 0. The molecule has 7 heavy (non-hydrogen) atoms. The van der Waals surface area contributed by atoms with Gasteiger partial charge in [-0.3, -0.25) is 0 Å². The van der Waals surface area contributed by atoms with E-state index in [4.69, 9.17) is 18.1 Å². The van der Waals surface area contributed by atoms with Gasteiger partial charge in [-0.05, 0) is 0 Å². The van der Waals surface area contributed by atoms with Crippen molar-refractivity contribution in [1.29, 1.82) is 0 Å². The molecule has 0 saturated heterocycles. The second-order valence-corrected chi connectivity index (χ2v) is 0.651. The smallest absolute Gasteiger partial charge is 0.750 e. The molecule has 0 aromatic rings. The minimum Gasteiger partial charge on any atom is -0.750 e. The predicted molar refractivity (Wildman–Crippen MR) is 18.7 cm³/mol. The van der Waals surface area contributed by atoms with Gasteiger partial charge in [0.25, 0.3) is 0 Å². The van der Waals surface area contributed by atoms with Gasteiger partial charge < -0.3 is 13.9 Å². The van der Waals surface area contributed by atoms with Gasteiger partial charge in [0.1, 0.15) is 6.79 Å². The molecule has 0 spiro atoms. The van der Waals surface area contributed by atoms with E-state index in [0.717, 1.165) is 0 Å². The van der Waals surface area contributed by atoms with Crippen molar-refractivity contribution < 1.29 is 69.5 Å². The number of carbonyl (C=O) groups is 1. The van der Waals surface area contributed by atoms with E-state index in [-0.39, 0.29) is 51.4 Å². The van der Waals surface area contributed by atoms with Crippen LogP contribution in [-0.2, 0) is 16.2 Å². The van der Waals surface area contributed by atoms with Crippen LogP contribution in [0.1, 0.15) is 0 Å². The number of carbonyl (C=O) groups excluding carboxylic acids is 1. The summed E-state index contributed by atoms with van der Waals surface area (Å²) in [5.74, 6) is 0. The van der Waals surface area contributed by atoms with Crippen LogP contribution in [-0.4, -0.2) is 20.1 Å². The minimum atomic E-state index is -2.86. The Balaban J connectivity index is -0.0000000480. The number of hydrogen-bond donors (Lipinski definition) is 1. The molecule has 4 nitrogen and oxygen atoms in total. The average Bonchev–Trinajstić information content (AvgIpc) is 1.41. The fourth-order valence-corrected chi connectivity index (χ4v) is 0. The van der Waals surface area contributed by atoms with Gasteiger partial charge in [-0.15, -0.1) is 0 Å². The molecular weight excluding hydrogens is 147 g/mol. The Kier molecular flexibility index (Phi) is 35.3. The quantitative estimate of drug-likeness (QED) is 0.283. The summed E-state index contributed by atoms with van der Waals surface area (Å²) in [6, 6.07) is 0. The van der Waals surface area contributed by atoms with Crippen LogP contribution in [0.5, 0.6) is 0 Å². The topological polar surface area (TPSA) is 77.4 Å². The van der Waals surface area contributed by atoms with Gasteiger partial charge in [0.2, 0.25) is 0 Å². The molecule has 0 fully saturated rings. The van der Waals surface area contributed by atoms with Crippen LogP contribution in [0.3, 0.4) is 0 Å². The van der Waals surface area contributed by atoms with E-state index < -0.39 is 11.4 Å². The summed E-state index contributed by atoms with van der Waals surface area (Å²) in [6.07, 6.45) is 0. The summed E-state index contributed by atoms with van der Waals surface area (Å²) in [6.45, 7) is 2.00. The van der Waals surface area contributed by atoms with E-state index in [1.807, 2.05) is 6.79 Å². The van der Waals surface area contributed by atoms with E-state index >= 15 is 0 Å². The first-order valence-electron chi connectivity index (χ1n) is 0.805. The average molecular weight is 150 g/mol. The van der Waals surface area contributed by atoms with Crippen molar-refractivity contribution in [2.45, 2.75) is 0 Å². The Morgan fingerprint density at radius 2 is 1.57 bits per heavy atom. The van der Waals surface area contributed by atoms with Gasteiger partial charge in [0.15, 0.2) is 0 Å². The molecule has 0 heterocycles. The number of rotatable bonds is 0. The fraction of sp³-hybridized carbons (Fsp3) is 0. The molecule has 0 amide bonds. The molecule has 0 aliphatic carbocycles. The molecule has 0 aromatic carbocycles. The van der Waals surface area contributed by atoms with Crippen LogP contribution >= 0.6 is 0 Å². The Hall–Kier alpha value is 1.38. The first-order chi connectivity index (χ1) is 2.73. The first-order valence-corrected chi connectivity index (χ1v) is 1.84. The van der Waals surface area contributed by atoms with Gasteiger partial charge in [-0.1, -0.05) is 0 Å². The monoisotopic (exact) mass is 150 g/mol. The van der Waals surface area contributed by atoms with Crippen LogP contribution in [0.25, 0.3) is 0 Å². The molecule has 38 valence electrons. The maximum atomic E-state index is 8.56. The van der Waals surface area contributed by atoms with Crippen LogP contribution in [0.15, 0.2) is 0 Å². The maximum Gasteiger partial charge on any atom is 1.00 e. The molecule has 1 atom stereocenters. The molecular formula is CH3KO4S. The second-order valence-electron chi connectivity index (χ2n) is 0.217. The van der Waals surface area contributed by atoms with Gasteiger partial charge in [-0.25, -0.2) is 4.21 Å². The summed E-state index contributed by atoms with van der Waals surface area (Å²) in [5.41, 5.74) is 0. The third-order valence-electron chi connectivity index (χ3n) is 0. The van der Waals surface area contributed by atoms with Crippen LogP contribution < -0.4 is 51.4 Å². The zero-order valence-electron chi connectivity index (χ0n) is 3.79. The van der Waals surface area contributed by atoms with Crippen LogP contribution in [0, 0.1) is 0 Å². The van der Waals surface area contributed by atoms with Crippen molar-refractivity contribution in [2.24, 2.45) is 0 Å². The Bertz CT molecular complexity index is 43.0. The molecule has 0 aliphatic heterocycles. The summed E-state index contributed by atoms with van der Waals surface area (Å²) >= 11 is -2.86. The molecule has 6 heteroatoms. The van der Waals surface area contributed by atoms with E-state index in [1.54, 1.807) is 0 Å². The largest absolute Gasteiger partial charge is 1.00 e. The zero-order chi connectivity index (χ0) is 5.58. The van der Waals surface area contributed by atoms with E-state index in [1.165, 1.54) is 0 Å². The summed E-state index contributed by atoms with van der Waals surface area (Å²) in [5, 5.41) is 0. The van der Waals surface area contributed by atoms with Crippen LogP contribution in [0.4, 0.5) is 0 Å². The van der Waals surface area contributed by atoms with Crippen molar-refractivity contribution in [2.75, 3.05) is 0 Å². The Morgan fingerprint density at radius 3 is 1.57 bits per heavy atom. The van der Waals surface area contributed by atoms with Crippen molar-refractivity contribution in [3.05, 3.63) is 0 Å². The SMILES string of the molecule is C=O.O=S([O-])O.[K+]. The maximum absolute atomic E-state index is 8.56. The van der Waals surface area contributed by atoms with E-state index in [9.17, 15) is 0 Å². The van der Waals surface area contributed by atoms with Crippen molar-refractivity contribution in [1.82, 2.24) is 0 Å². The van der Waals surface area contributed by atoms with Crippen molar-refractivity contribution in [3.8, 4) is 0 Å². The third kappa shape index (κ3) is 113. The molecule has 0 saturated carbocycles.